The van der Waals surface area contributed by atoms with Crippen molar-refractivity contribution in [3.8, 4) is 11.5 Å². The molecule has 0 fully saturated rings. The Morgan fingerprint density at radius 1 is 0.800 bits per heavy atom. The third-order valence-electron chi connectivity index (χ3n) is 5.52. The third kappa shape index (κ3) is 13.1. The zero-order valence-corrected chi connectivity index (χ0v) is 24.9. The highest BCUT2D eigenvalue weighted by atomic mass is 16.7. The molecule has 2 N–H and O–H groups in total. The average Bonchev–Trinajstić information content (AvgIpc) is 2.83. The SMILES string of the molecule is CCCC(C)OC(=O)Oc1ccc(C[C@H](N)C(=O)OC[C@H](C)OC(=O)C(C)(C)C)cc1OC(=O)OC(C)CCC. The van der Waals surface area contributed by atoms with Gasteiger partial charge in [-0.3, -0.25) is 9.59 Å². The summed E-state index contributed by atoms with van der Waals surface area (Å²) in [6.07, 6.45) is -0.357. The number of carbonyl (C=O) groups excluding carboxylic acids is 4. The minimum atomic E-state index is -1.07. The van der Waals surface area contributed by atoms with E-state index in [4.69, 9.17) is 34.2 Å². The molecule has 226 valence electrons. The monoisotopic (exact) mass is 567 g/mol. The number of benzene rings is 1. The van der Waals surface area contributed by atoms with E-state index in [-0.39, 0.29) is 36.7 Å². The summed E-state index contributed by atoms with van der Waals surface area (Å²) in [5.74, 6) is -1.29. The van der Waals surface area contributed by atoms with Crippen molar-refractivity contribution >= 4 is 24.2 Å². The van der Waals surface area contributed by atoms with E-state index in [1.807, 2.05) is 13.8 Å². The van der Waals surface area contributed by atoms with Crippen LogP contribution in [-0.2, 0) is 35.0 Å². The number of carbonyl (C=O) groups is 4. The van der Waals surface area contributed by atoms with Gasteiger partial charge in [-0.15, -0.1) is 0 Å². The molecule has 0 aliphatic heterocycles. The third-order valence-corrected chi connectivity index (χ3v) is 5.52. The molecule has 0 bridgehead atoms. The van der Waals surface area contributed by atoms with Gasteiger partial charge in [0.2, 0.25) is 0 Å². The van der Waals surface area contributed by atoms with Gasteiger partial charge in [0.1, 0.15) is 31.0 Å². The van der Waals surface area contributed by atoms with Gasteiger partial charge in [0.25, 0.3) is 0 Å². The number of hydrogen-bond acceptors (Lipinski definition) is 11. The molecule has 0 saturated heterocycles. The van der Waals surface area contributed by atoms with Crippen LogP contribution in [0.15, 0.2) is 18.2 Å². The van der Waals surface area contributed by atoms with E-state index in [0.717, 1.165) is 12.8 Å². The van der Waals surface area contributed by atoms with E-state index in [2.05, 4.69) is 0 Å². The van der Waals surface area contributed by atoms with Crippen LogP contribution in [0.25, 0.3) is 0 Å². The van der Waals surface area contributed by atoms with Crippen molar-refractivity contribution in [2.24, 2.45) is 11.1 Å². The molecular formula is C29H45NO10. The highest BCUT2D eigenvalue weighted by Gasteiger charge is 2.26. The molecule has 0 radical (unpaired) electrons. The Morgan fingerprint density at radius 2 is 1.32 bits per heavy atom. The molecule has 11 heteroatoms. The molecule has 4 atom stereocenters. The highest BCUT2D eigenvalue weighted by Crippen LogP contribution is 2.30. The molecular weight excluding hydrogens is 522 g/mol. The molecule has 40 heavy (non-hydrogen) atoms. The fourth-order valence-electron chi connectivity index (χ4n) is 3.37. The first-order valence-corrected chi connectivity index (χ1v) is 13.7. The van der Waals surface area contributed by atoms with Gasteiger partial charge in [-0.2, -0.15) is 0 Å². The van der Waals surface area contributed by atoms with Crippen molar-refractivity contribution in [1.29, 1.82) is 0 Å². The van der Waals surface area contributed by atoms with Gasteiger partial charge >= 0.3 is 24.2 Å². The Hall–Kier alpha value is -3.34. The topological polar surface area (TPSA) is 150 Å². The quantitative estimate of drug-likeness (QED) is 0.173. The smallest absolute Gasteiger partial charge is 0.461 e. The predicted octanol–water partition coefficient (Wildman–Crippen LogP) is 5.49. The summed E-state index contributed by atoms with van der Waals surface area (Å²) in [6.45, 7) is 14.0. The maximum atomic E-state index is 12.5. The van der Waals surface area contributed by atoms with Gasteiger partial charge in [0, 0.05) is 0 Å². The second kappa shape index (κ2) is 16.7. The van der Waals surface area contributed by atoms with Crippen molar-refractivity contribution in [3.63, 3.8) is 0 Å². The Morgan fingerprint density at radius 3 is 1.82 bits per heavy atom. The summed E-state index contributed by atoms with van der Waals surface area (Å²) in [5, 5.41) is 0. The molecule has 0 saturated carbocycles. The minimum absolute atomic E-state index is 0.0187. The summed E-state index contributed by atoms with van der Waals surface area (Å²) in [5.41, 5.74) is 5.85. The van der Waals surface area contributed by atoms with E-state index in [1.54, 1.807) is 47.6 Å². The molecule has 1 aromatic rings. The van der Waals surface area contributed by atoms with Gasteiger partial charge in [0.05, 0.1) is 5.41 Å². The normalized spacial score (nSPS) is 14.2. The Kier molecular flexibility index (Phi) is 14.5. The van der Waals surface area contributed by atoms with E-state index < -0.39 is 41.8 Å². The molecule has 0 spiro atoms. The Bertz CT molecular complexity index is 988. The molecule has 11 nitrogen and oxygen atoms in total. The summed E-state index contributed by atoms with van der Waals surface area (Å²) in [4.78, 5) is 49.1. The number of hydrogen-bond donors (Lipinski definition) is 1. The zero-order chi connectivity index (χ0) is 30.5. The Labute approximate surface area is 236 Å². The van der Waals surface area contributed by atoms with Gasteiger partial charge in [-0.05, 0) is 78.5 Å². The highest BCUT2D eigenvalue weighted by molar-refractivity contribution is 5.77. The minimum Gasteiger partial charge on any atom is -0.461 e. The van der Waals surface area contributed by atoms with Crippen molar-refractivity contribution in [1.82, 2.24) is 0 Å². The molecule has 2 unspecified atom stereocenters. The van der Waals surface area contributed by atoms with Crippen LogP contribution in [0.4, 0.5) is 9.59 Å². The molecule has 1 aromatic carbocycles. The number of ether oxygens (including phenoxy) is 6. The van der Waals surface area contributed by atoms with Crippen molar-refractivity contribution in [3.05, 3.63) is 23.8 Å². The summed E-state index contributed by atoms with van der Waals surface area (Å²) >= 11 is 0. The largest absolute Gasteiger partial charge is 0.514 e. The van der Waals surface area contributed by atoms with Crippen LogP contribution in [0.1, 0.15) is 86.6 Å². The van der Waals surface area contributed by atoms with Crippen LogP contribution in [0.3, 0.4) is 0 Å². The summed E-state index contributed by atoms with van der Waals surface area (Å²) in [6, 6.07) is 3.33. The average molecular weight is 568 g/mol. The first kappa shape index (κ1) is 34.7. The lowest BCUT2D eigenvalue weighted by Crippen LogP contribution is -2.37. The lowest BCUT2D eigenvalue weighted by atomic mass is 9.97. The number of esters is 2. The van der Waals surface area contributed by atoms with Gasteiger partial charge < -0.3 is 34.2 Å². The van der Waals surface area contributed by atoms with Crippen molar-refractivity contribution < 1.29 is 47.6 Å². The van der Waals surface area contributed by atoms with E-state index in [0.29, 0.717) is 18.4 Å². The van der Waals surface area contributed by atoms with Crippen molar-refractivity contribution in [2.75, 3.05) is 6.61 Å². The fourth-order valence-corrected chi connectivity index (χ4v) is 3.37. The lowest BCUT2D eigenvalue weighted by Gasteiger charge is -2.21. The predicted molar refractivity (Wildman–Crippen MR) is 147 cm³/mol. The fraction of sp³-hybridized carbons (Fsp3) is 0.655. The molecule has 1 rings (SSSR count). The Balaban J connectivity index is 2.94. The van der Waals surface area contributed by atoms with Crippen LogP contribution in [-0.4, -0.2) is 55.2 Å². The molecule has 0 amide bonds. The molecule has 0 aliphatic carbocycles. The maximum absolute atomic E-state index is 12.5. The number of rotatable bonds is 14. The van der Waals surface area contributed by atoms with Crippen LogP contribution >= 0.6 is 0 Å². The molecule has 0 heterocycles. The molecule has 0 aromatic heterocycles. The van der Waals surface area contributed by atoms with Crippen LogP contribution < -0.4 is 15.2 Å². The van der Waals surface area contributed by atoms with Crippen LogP contribution in [0, 0.1) is 5.41 Å². The van der Waals surface area contributed by atoms with Crippen LogP contribution in [0.2, 0.25) is 0 Å². The van der Waals surface area contributed by atoms with Gasteiger partial charge in [0.15, 0.2) is 11.5 Å². The first-order chi connectivity index (χ1) is 18.7. The first-order valence-electron chi connectivity index (χ1n) is 13.7. The number of nitrogens with two attached hydrogens (primary N) is 1. The van der Waals surface area contributed by atoms with E-state index in [9.17, 15) is 19.2 Å². The van der Waals surface area contributed by atoms with E-state index >= 15 is 0 Å². The zero-order valence-electron chi connectivity index (χ0n) is 24.9. The standard InChI is InChI=1S/C29H45NO10/c1-9-11-18(3)37-27(33)39-23-14-13-21(16-24(23)40-28(34)38-19(4)12-10-2)15-22(30)25(31)35-17-20(5)36-26(32)29(6,7)8/h13-14,16,18-20,22H,9-12,15,17,30H2,1-8H3/t18?,19?,20-,22-/m0/s1. The second-order valence-electron chi connectivity index (χ2n) is 10.8. The molecule has 0 aliphatic rings. The van der Waals surface area contributed by atoms with Crippen molar-refractivity contribution in [2.45, 2.75) is 112 Å². The maximum Gasteiger partial charge on any atom is 0.514 e. The van der Waals surface area contributed by atoms with E-state index in [1.165, 1.54) is 12.1 Å². The lowest BCUT2D eigenvalue weighted by molar-refractivity contribution is -0.165. The van der Waals surface area contributed by atoms with Crippen LogP contribution in [0.5, 0.6) is 11.5 Å². The van der Waals surface area contributed by atoms with Gasteiger partial charge in [-0.25, -0.2) is 9.59 Å². The second-order valence-corrected chi connectivity index (χ2v) is 10.8. The van der Waals surface area contributed by atoms with Gasteiger partial charge in [-0.1, -0.05) is 32.8 Å². The summed E-state index contributed by atoms with van der Waals surface area (Å²) < 4.78 is 31.6. The summed E-state index contributed by atoms with van der Waals surface area (Å²) in [7, 11) is 0.